The molecule has 2 atom stereocenters. The van der Waals surface area contributed by atoms with Gasteiger partial charge in [-0.2, -0.15) is 10.1 Å². The van der Waals surface area contributed by atoms with Gasteiger partial charge in [-0.1, -0.05) is 35.9 Å². The summed E-state index contributed by atoms with van der Waals surface area (Å²) >= 11 is 0. The minimum atomic E-state index is -0.434. The van der Waals surface area contributed by atoms with Crippen LogP contribution in [0.25, 0.3) is 5.70 Å². The molecule has 0 saturated heterocycles. The largest absolute Gasteiger partial charge is 0.493 e. The predicted octanol–water partition coefficient (Wildman–Crippen LogP) is 5.56. The molecule has 0 saturated carbocycles. The fraction of sp³-hybridized carbons (Fsp3) is 0.241. The molecule has 8 nitrogen and oxygen atoms in total. The van der Waals surface area contributed by atoms with Gasteiger partial charge in [0.2, 0.25) is 5.95 Å². The van der Waals surface area contributed by atoms with Crippen molar-refractivity contribution in [3.05, 3.63) is 94.8 Å². The number of aryl methyl sites for hydroxylation is 1. The van der Waals surface area contributed by atoms with E-state index in [4.69, 9.17) is 18.9 Å². The lowest BCUT2D eigenvalue weighted by molar-refractivity contribution is 0.215. The predicted molar refractivity (Wildman–Crippen MR) is 140 cm³/mol. The molecule has 37 heavy (non-hydrogen) atoms. The highest BCUT2D eigenvalue weighted by atomic mass is 16.5. The summed E-state index contributed by atoms with van der Waals surface area (Å²) in [6.45, 7) is 4.61. The van der Waals surface area contributed by atoms with Gasteiger partial charge in [0, 0.05) is 16.7 Å². The van der Waals surface area contributed by atoms with Crippen molar-refractivity contribution in [1.82, 2.24) is 14.8 Å². The number of hydrogen-bond donors (Lipinski definition) is 1. The molecule has 2 unspecified atom stereocenters. The molecule has 8 heteroatoms. The van der Waals surface area contributed by atoms with Crippen LogP contribution in [0, 0.1) is 6.92 Å². The zero-order valence-electron chi connectivity index (χ0n) is 21.2. The van der Waals surface area contributed by atoms with Crippen LogP contribution in [0.4, 0.5) is 5.95 Å². The molecule has 3 aromatic carbocycles. The lowest BCUT2D eigenvalue weighted by Gasteiger charge is -2.39. The highest BCUT2D eigenvalue weighted by Gasteiger charge is 2.42. The maximum absolute atomic E-state index is 6.78. The Labute approximate surface area is 215 Å². The summed E-state index contributed by atoms with van der Waals surface area (Å²) in [6.07, 6.45) is 1.13. The van der Waals surface area contributed by atoms with Crippen LogP contribution in [-0.2, 0) is 0 Å². The topological polar surface area (TPSA) is 79.7 Å². The molecule has 0 aliphatic carbocycles. The van der Waals surface area contributed by atoms with Gasteiger partial charge in [0.25, 0.3) is 0 Å². The summed E-state index contributed by atoms with van der Waals surface area (Å²) in [6, 6.07) is 19.9. The lowest BCUT2D eigenvalue weighted by atomic mass is 9.84. The Kier molecular flexibility index (Phi) is 5.71. The average molecular weight is 497 g/mol. The van der Waals surface area contributed by atoms with Gasteiger partial charge in [-0.3, -0.25) is 0 Å². The number of para-hydroxylation sites is 1. The van der Waals surface area contributed by atoms with Crippen LogP contribution in [0.2, 0.25) is 0 Å². The zero-order valence-corrected chi connectivity index (χ0v) is 21.2. The minimum absolute atomic E-state index is 0.318. The molecular weight excluding hydrogens is 468 g/mol. The number of nitrogens with one attached hydrogen (secondary N) is 1. The van der Waals surface area contributed by atoms with Crippen molar-refractivity contribution >= 4 is 11.6 Å². The van der Waals surface area contributed by atoms with E-state index in [1.807, 2.05) is 54.1 Å². The van der Waals surface area contributed by atoms with Crippen molar-refractivity contribution in [1.29, 1.82) is 0 Å². The molecule has 6 rings (SSSR count). The van der Waals surface area contributed by atoms with E-state index in [2.05, 4.69) is 40.5 Å². The number of nitrogens with zero attached hydrogens (tertiary/aromatic N) is 3. The molecule has 0 spiro atoms. The fourth-order valence-electron chi connectivity index (χ4n) is 5.17. The van der Waals surface area contributed by atoms with Gasteiger partial charge in [0.05, 0.1) is 26.5 Å². The van der Waals surface area contributed by atoms with Gasteiger partial charge in [0.15, 0.2) is 17.6 Å². The van der Waals surface area contributed by atoms with Gasteiger partial charge < -0.3 is 24.3 Å². The molecule has 2 aliphatic rings. The normalized spacial score (nSPS) is 17.6. The first-order chi connectivity index (χ1) is 18.1. The van der Waals surface area contributed by atoms with Crippen LogP contribution in [0.3, 0.4) is 0 Å². The Morgan fingerprint density at radius 3 is 2.62 bits per heavy atom. The summed E-state index contributed by atoms with van der Waals surface area (Å²) in [5.74, 6) is 3.54. The third-order valence-electron chi connectivity index (χ3n) is 6.79. The van der Waals surface area contributed by atoms with Gasteiger partial charge >= 0.3 is 0 Å². The number of fused-ring (bicyclic) bond motifs is 3. The Bertz CT molecular complexity index is 1510. The van der Waals surface area contributed by atoms with Crippen molar-refractivity contribution in [2.24, 2.45) is 0 Å². The smallest absolute Gasteiger partial charge is 0.226 e. The van der Waals surface area contributed by atoms with Crippen molar-refractivity contribution in [2.45, 2.75) is 26.0 Å². The number of anilines is 1. The van der Waals surface area contributed by atoms with Crippen LogP contribution < -0.4 is 24.3 Å². The fourth-order valence-corrected chi connectivity index (χ4v) is 5.17. The first-order valence-electron chi connectivity index (χ1n) is 12.2. The first-order valence-corrected chi connectivity index (χ1v) is 12.2. The molecule has 1 aromatic heterocycles. The molecule has 3 heterocycles. The van der Waals surface area contributed by atoms with E-state index in [0.29, 0.717) is 24.1 Å². The van der Waals surface area contributed by atoms with Crippen LogP contribution in [0.5, 0.6) is 23.0 Å². The van der Waals surface area contributed by atoms with Gasteiger partial charge in [-0.15, -0.1) is 0 Å². The zero-order chi connectivity index (χ0) is 25.5. The van der Waals surface area contributed by atoms with Crippen molar-refractivity contribution in [3.8, 4) is 23.0 Å². The first kappa shape index (κ1) is 23.0. The number of rotatable bonds is 6. The molecule has 188 valence electrons. The summed E-state index contributed by atoms with van der Waals surface area (Å²) in [5, 5.41) is 8.17. The monoisotopic (exact) mass is 496 g/mol. The minimum Gasteiger partial charge on any atom is -0.493 e. The second-order valence-corrected chi connectivity index (χ2v) is 8.97. The number of hydrogen-bond acceptors (Lipinski definition) is 7. The highest BCUT2D eigenvalue weighted by Crippen LogP contribution is 2.52. The highest BCUT2D eigenvalue weighted by molar-refractivity contribution is 5.85. The Morgan fingerprint density at radius 1 is 0.973 bits per heavy atom. The Balaban J connectivity index is 1.63. The van der Waals surface area contributed by atoms with Crippen LogP contribution >= 0.6 is 0 Å². The standard InChI is InChI=1S/C29H28N4O4/c1-5-36-21-9-7-6-8-19(21)28-25-26(20-14-17(2)10-12-22(20)37-28)32-29-30-16-31-33(29)27(25)18-11-13-23(34-3)24(15-18)35-4/h6-16,27-28H,5H2,1-4H3,(H,30,31,32). The molecule has 0 amide bonds. The van der Waals surface area contributed by atoms with E-state index < -0.39 is 6.10 Å². The SMILES string of the molecule is CCOc1ccccc1C1Oc2ccc(C)cc2C2=C1C(c1ccc(OC)c(OC)c1)n1ncnc1N2. The number of aromatic nitrogens is 3. The van der Waals surface area contributed by atoms with Crippen LogP contribution in [0.15, 0.2) is 72.6 Å². The van der Waals surface area contributed by atoms with Gasteiger partial charge in [-0.05, 0) is 49.7 Å². The van der Waals surface area contributed by atoms with Gasteiger partial charge in [-0.25, -0.2) is 4.68 Å². The maximum atomic E-state index is 6.78. The van der Waals surface area contributed by atoms with Gasteiger partial charge in [0.1, 0.15) is 23.9 Å². The number of methoxy groups -OCH3 is 2. The summed E-state index contributed by atoms with van der Waals surface area (Å²) in [4.78, 5) is 4.53. The summed E-state index contributed by atoms with van der Waals surface area (Å²) < 4.78 is 25.9. The van der Waals surface area contributed by atoms with E-state index in [9.17, 15) is 0 Å². The molecule has 0 radical (unpaired) electrons. The summed E-state index contributed by atoms with van der Waals surface area (Å²) in [7, 11) is 3.27. The third-order valence-corrected chi connectivity index (χ3v) is 6.79. The Hall–Kier alpha value is -4.46. The van der Waals surface area contributed by atoms with E-state index in [-0.39, 0.29) is 6.04 Å². The second-order valence-electron chi connectivity index (χ2n) is 8.97. The van der Waals surface area contributed by atoms with Crippen molar-refractivity contribution < 1.29 is 18.9 Å². The lowest BCUT2D eigenvalue weighted by Crippen LogP contribution is -2.32. The molecule has 0 fully saturated rings. The van der Waals surface area contributed by atoms with Crippen molar-refractivity contribution in [2.75, 3.05) is 26.1 Å². The maximum Gasteiger partial charge on any atom is 0.226 e. The third kappa shape index (κ3) is 3.76. The quantitative estimate of drug-likeness (QED) is 0.374. The second kappa shape index (κ2) is 9.20. The average Bonchev–Trinajstić information content (AvgIpc) is 3.40. The van der Waals surface area contributed by atoms with E-state index in [1.54, 1.807) is 20.5 Å². The number of ether oxygens (including phenoxy) is 4. The molecule has 2 aliphatic heterocycles. The van der Waals surface area contributed by atoms with Crippen molar-refractivity contribution in [3.63, 3.8) is 0 Å². The van der Waals surface area contributed by atoms with Crippen LogP contribution in [-0.4, -0.2) is 35.6 Å². The Morgan fingerprint density at radius 2 is 1.81 bits per heavy atom. The van der Waals surface area contributed by atoms with E-state index in [0.717, 1.165) is 45.0 Å². The molecule has 0 bridgehead atoms. The summed E-state index contributed by atoms with van der Waals surface area (Å²) in [5.41, 5.74) is 6.01. The van der Waals surface area contributed by atoms with Crippen LogP contribution in [0.1, 0.15) is 41.3 Å². The number of benzene rings is 3. The molecule has 1 N–H and O–H groups in total. The van der Waals surface area contributed by atoms with E-state index >= 15 is 0 Å². The molecular formula is C29H28N4O4. The molecule has 4 aromatic rings. The van der Waals surface area contributed by atoms with E-state index in [1.165, 1.54) is 0 Å².